The molecule has 0 aliphatic rings. The summed E-state index contributed by atoms with van der Waals surface area (Å²) in [5.74, 6) is 0. The summed E-state index contributed by atoms with van der Waals surface area (Å²) in [4.78, 5) is 22.7. The maximum absolute atomic E-state index is 11.1. The summed E-state index contributed by atoms with van der Waals surface area (Å²) in [5.41, 5.74) is 0.269. The second-order valence-corrected chi connectivity index (χ2v) is 6.20. The number of hydrogen-bond donors (Lipinski definition) is 1. The van der Waals surface area contributed by atoms with E-state index in [4.69, 9.17) is 14.6 Å². The molecule has 0 saturated heterocycles. The van der Waals surface area contributed by atoms with Gasteiger partial charge in [-0.3, -0.25) is 10.1 Å². The van der Waals surface area contributed by atoms with Gasteiger partial charge in [0.2, 0.25) is 0 Å². The number of carboxylic acid groups (broad SMARTS) is 1. The molecule has 1 aromatic carbocycles. The molecule has 0 fully saturated rings. The molecular formula is C16H24N2O6. The minimum atomic E-state index is -0.979. The summed E-state index contributed by atoms with van der Waals surface area (Å²) in [6, 6.07) is 6.26. The highest BCUT2D eigenvalue weighted by Crippen LogP contribution is 2.14. The molecule has 0 unspecified atom stereocenters. The van der Waals surface area contributed by atoms with Crippen LogP contribution in [0.25, 0.3) is 0 Å². The molecule has 0 aliphatic heterocycles. The number of rotatable bonds is 9. The highest BCUT2D eigenvalue weighted by molar-refractivity contribution is 5.65. The van der Waals surface area contributed by atoms with Crippen molar-refractivity contribution in [1.29, 1.82) is 0 Å². The fourth-order valence-electron chi connectivity index (χ4n) is 2.04. The lowest BCUT2D eigenvalue weighted by Crippen LogP contribution is -2.46. The van der Waals surface area contributed by atoms with Crippen LogP contribution in [0.1, 0.15) is 26.3 Å². The van der Waals surface area contributed by atoms with E-state index >= 15 is 0 Å². The fourth-order valence-corrected chi connectivity index (χ4v) is 2.04. The largest absolute Gasteiger partial charge is 0.465 e. The first-order chi connectivity index (χ1) is 11.2. The average molecular weight is 340 g/mol. The predicted octanol–water partition coefficient (Wildman–Crippen LogP) is 2.91. The van der Waals surface area contributed by atoms with Gasteiger partial charge in [0.25, 0.3) is 5.69 Å². The van der Waals surface area contributed by atoms with Crippen molar-refractivity contribution < 1.29 is 24.3 Å². The van der Waals surface area contributed by atoms with Gasteiger partial charge in [-0.15, -0.1) is 0 Å². The Balaban J connectivity index is 2.22. The molecule has 0 aromatic heterocycles. The van der Waals surface area contributed by atoms with Crippen LogP contribution in [0, 0.1) is 10.1 Å². The van der Waals surface area contributed by atoms with Gasteiger partial charge >= 0.3 is 6.09 Å². The normalized spacial score (nSPS) is 11.3. The lowest BCUT2D eigenvalue weighted by Gasteiger charge is -2.32. The zero-order valence-electron chi connectivity index (χ0n) is 14.2. The van der Waals surface area contributed by atoms with Crippen LogP contribution in [0.4, 0.5) is 10.5 Å². The summed E-state index contributed by atoms with van der Waals surface area (Å²) in [7, 11) is 0. The van der Waals surface area contributed by atoms with Crippen molar-refractivity contribution in [3.05, 3.63) is 39.9 Å². The van der Waals surface area contributed by atoms with E-state index in [1.807, 2.05) is 20.8 Å². The molecule has 0 atom stereocenters. The number of ether oxygens (including phenoxy) is 2. The summed E-state index contributed by atoms with van der Waals surface area (Å²) < 4.78 is 10.8. The third kappa shape index (κ3) is 6.93. The van der Waals surface area contributed by atoms with Crippen molar-refractivity contribution >= 4 is 11.8 Å². The number of nitro groups is 1. The van der Waals surface area contributed by atoms with Crippen LogP contribution >= 0.6 is 0 Å². The van der Waals surface area contributed by atoms with E-state index in [1.165, 1.54) is 17.0 Å². The number of hydrogen-bond acceptors (Lipinski definition) is 5. The van der Waals surface area contributed by atoms with E-state index in [-0.39, 0.29) is 25.4 Å². The number of non-ortho nitro benzene ring substituents is 1. The summed E-state index contributed by atoms with van der Waals surface area (Å²) in [6.45, 7) is 6.94. The van der Waals surface area contributed by atoms with E-state index in [2.05, 4.69) is 0 Å². The molecule has 8 nitrogen and oxygen atoms in total. The van der Waals surface area contributed by atoms with Crippen LogP contribution in [0.3, 0.4) is 0 Å². The van der Waals surface area contributed by atoms with Crippen molar-refractivity contribution in [3.8, 4) is 0 Å². The molecule has 1 rings (SSSR count). The molecule has 0 aliphatic carbocycles. The van der Waals surface area contributed by atoms with E-state index in [0.717, 1.165) is 0 Å². The molecule has 1 aromatic rings. The fraction of sp³-hybridized carbons (Fsp3) is 0.562. The molecule has 0 spiro atoms. The first-order valence-electron chi connectivity index (χ1n) is 7.61. The summed E-state index contributed by atoms with van der Waals surface area (Å²) in [5, 5.41) is 19.8. The van der Waals surface area contributed by atoms with Crippen LogP contribution < -0.4 is 0 Å². The van der Waals surface area contributed by atoms with Gasteiger partial charge in [0.05, 0.1) is 31.4 Å². The third-order valence-corrected chi connectivity index (χ3v) is 3.26. The Morgan fingerprint density at radius 1 is 1.25 bits per heavy atom. The van der Waals surface area contributed by atoms with Crippen LogP contribution in [0.5, 0.6) is 0 Å². The van der Waals surface area contributed by atoms with Gasteiger partial charge in [0.1, 0.15) is 0 Å². The Morgan fingerprint density at radius 2 is 1.92 bits per heavy atom. The molecule has 0 bridgehead atoms. The highest BCUT2D eigenvalue weighted by Gasteiger charge is 2.25. The molecule has 1 amide bonds. The van der Waals surface area contributed by atoms with Crippen molar-refractivity contribution in [2.24, 2.45) is 0 Å². The Labute approximate surface area is 141 Å². The van der Waals surface area contributed by atoms with Crippen molar-refractivity contribution in [3.63, 3.8) is 0 Å². The molecule has 24 heavy (non-hydrogen) atoms. The van der Waals surface area contributed by atoms with E-state index in [1.54, 1.807) is 12.1 Å². The minimum Gasteiger partial charge on any atom is -0.465 e. The van der Waals surface area contributed by atoms with Crippen molar-refractivity contribution in [2.75, 3.05) is 26.4 Å². The molecule has 134 valence electrons. The molecule has 0 saturated carbocycles. The van der Waals surface area contributed by atoms with Crippen LogP contribution in [0.15, 0.2) is 24.3 Å². The van der Waals surface area contributed by atoms with Gasteiger partial charge < -0.3 is 19.5 Å². The van der Waals surface area contributed by atoms with Crippen LogP contribution in [-0.4, -0.2) is 52.9 Å². The molecule has 0 radical (unpaired) electrons. The van der Waals surface area contributed by atoms with Crippen molar-refractivity contribution in [1.82, 2.24) is 4.90 Å². The van der Waals surface area contributed by atoms with E-state index in [0.29, 0.717) is 18.8 Å². The number of carbonyl (C=O) groups is 1. The summed E-state index contributed by atoms with van der Waals surface area (Å²) in [6.07, 6.45) is -0.979. The first-order valence-corrected chi connectivity index (χ1v) is 7.61. The second-order valence-electron chi connectivity index (χ2n) is 6.20. The Bertz CT molecular complexity index is 556. The molecule has 1 N–H and O–H groups in total. The number of benzene rings is 1. The SMILES string of the molecule is CC(C)(C)N(CCOCCOCc1cccc([N+](=O)[O-])c1)C(=O)O. The van der Waals surface area contributed by atoms with E-state index in [9.17, 15) is 14.9 Å². The molecular weight excluding hydrogens is 316 g/mol. The quantitative estimate of drug-likeness (QED) is 0.421. The Kier molecular flexibility index (Phi) is 7.60. The van der Waals surface area contributed by atoms with Gasteiger partial charge in [-0.2, -0.15) is 0 Å². The van der Waals surface area contributed by atoms with Gasteiger partial charge in [-0.05, 0) is 26.3 Å². The Hall–Kier alpha value is -2.19. The first kappa shape index (κ1) is 19.9. The number of nitrogens with zero attached hydrogens (tertiary/aromatic N) is 2. The smallest absolute Gasteiger partial charge is 0.407 e. The average Bonchev–Trinajstić information content (AvgIpc) is 2.48. The zero-order chi connectivity index (χ0) is 18.2. The second kappa shape index (κ2) is 9.19. The maximum atomic E-state index is 11.1. The van der Waals surface area contributed by atoms with Gasteiger partial charge in [-0.25, -0.2) is 4.79 Å². The zero-order valence-corrected chi connectivity index (χ0v) is 14.2. The number of amides is 1. The van der Waals surface area contributed by atoms with Gasteiger partial charge in [-0.1, -0.05) is 12.1 Å². The highest BCUT2D eigenvalue weighted by atomic mass is 16.6. The predicted molar refractivity (Wildman–Crippen MR) is 88.1 cm³/mol. The van der Waals surface area contributed by atoms with Crippen molar-refractivity contribution in [2.45, 2.75) is 32.9 Å². The minimum absolute atomic E-state index is 0.0308. The Morgan fingerprint density at radius 3 is 2.50 bits per heavy atom. The third-order valence-electron chi connectivity index (χ3n) is 3.26. The maximum Gasteiger partial charge on any atom is 0.407 e. The van der Waals surface area contributed by atoms with Crippen LogP contribution in [0.2, 0.25) is 0 Å². The molecule has 0 heterocycles. The molecule has 8 heteroatoms. The monoisotopic (exact) mass is 340 g/mol. The lowest BCUT2D eigenvalue weighted by molar-refractivity contribution is -0.384. The van der Waals surface area contributed by atoms with Gasteiger partial charge in [0.15, 0.2) is 0 Å². The van der Waals surface area contributed by atoms with E-state index < -0.39 is 16.6 Å². The lowest BCUT2D eigenvalue weighted by atomic mass is 10.1. The standard InChI is InChI=1S/C16H24N2O6/c1-16(2,3)17(15(19)20)7-8-23-9-10-24-12-13-5-4-6-14(11-13)18(21)22/h4-6,11H,7-10,12H2,1-3H3,(H,19,20). The van der Waals surface area contributed by atoms with Gasteiger partial charge in [0, 0.05) is 24.2 Å². The van der Waals surface area contributed by atoms with Crippen LogP contribution in [-0.2, 0) is 16.1 Å². The topological polar surface area (TPSA) is 102 Å². The summed E-state index contributed by atoms with van der Waals surface area (Å²) >= 11 is 0. The number of nitro benzene ring substituents is 1.